The molecule has 1 fully saturated rings. The molecule has 46 heavy (non-hydrogen) atoms. The maximum atomic E-state index is 14.2. The van der Waals surface area contributed by atoms with Gasteiger partial charge in [-0.05, 0) is 86.0 Å². The van der Waals surface area contributed by atoms with E-state index < -0.39 is 28.5 Å². The molecule has 0 unspecified atom stereocenters. The fourth-order valence-electron chi connectivity index (χ4n) is 5.49. The van der Waals surface area contributed by atoms with Crippen LogP contribution in [0.5, 0.6) is 11.5 Å². The Bertz CT molecular complexity index is 1700. The van der Waals surface area contributed by atoms with Crippen molar-refractivity contribution in [2.24, 2.45) is 0 Å². The quantitative estimate of drug-likeness (QED) is 0.174. The van der Waals surface area contributed by atoms with Crippen LogP contribution < -0.4 is 14.4 Å². The standard InChI is InChI=1S/C36H38ClN3O5S/c1-27(36(42)38-30-11-5-2-6-12-30)39(25-28-17-19-29(37)20-18-28)35(41)26-40(46(43,44)34-15-9-4-10-16-34)31-21-23-33(24-22-31)45-32-13-7-3-8-14-32/h3-4,7-10,13-24,27,30H,2,5-6,11-12,25-26H2,1H3,(H,38,42)/t27-/m0/s1. The van der Waals surface area contributed by atoms with Gasteiger partial charge in [0.05, 0.1) is 10.6 Å². The van der Waals surface area contributed by atoms with Crippen molar-refractivity contribution in [3.05, 3.63) is 120 Å². The second kappa shape index (κ2) is 15.3. The molecule has 8 nitrogen and oxygen atoms in total. The maximum Gasteiger partial charge on any atom is 0.264 e. The van der Waals surface area contributed by atoms with Crippen molar-refractivity contribution >= 4 is 39.1 Å². The lowest BCUT2D eigenvalue weighted by atomic mass is 9.95. The summed E-state index contributed by atoms with van der Waals surface area (Å²) in [6, 6.07) is 30.0. The molecule has 0 aromatic heterocycles. The molecule has 2 amide bonds. The first kappa shape index (κ1) is 33.0. The van der Waals surface area contributed by atoms with Crippen molar-refractivity contribution in [3.63, 3.8) is 0 Å². The molecule has 4 aromatic rings. The molecule has 1 atom stereocenters. The highest BCUT2D eigenvalue weighted by Gasteiger charge is 2.33. The Labute approximate surface area is 276 Å². The molecule has 1 N–H and O–H groups in total. The van der Waals surface area contributed by atoms with Gasteiger partial charge in [0.15, 0.2) is 0 Å². The zero-order chi connectivity index (χ0) is 32.5. The minimum atomic E-state index is -4.17. The highest BCUT2D eigenvalue weighted by molar-refractivity contribution is 7.92. The molecule has 0 aliphatic heterocycles. The summed E-state index contributed by atoms with van der Waals surface area (Å²) in [5.74, 6) is 0.354. The third-order valence-electron chi connectivity index (χ3n) is 8.10. The van der Waals surface area contributed by atoms with Crippen molar-refractivity contribution < 1.29 is 22.7 Å². The minimum absolute atomic E-state index is 0.0414. The summed E-state index contributed by atoms with van der Waals surface area (Å²) in [5.41, 5.74) is 1.04. The van der Waals surface area contributed by atoms with E-state index in [0.29, 0.717) is 16.5 Å². The number of sulfonamides is 1. The van der Waals surface area contributed by atoms with E-state index in [2.05, 4.69) is 5.32 Å². The zero-order valence-electron chi connectivity index (χ0n) is 25.7. The SMILES string of the molecule is C[C@@H](C(=O)NC1CCCCC1)N(Cc1ccc(Cl)cc1)C(=O)CN(c1ccc(Oc2ccccc2)cc1)S(=O)(=O)c1ccccc1. The van der Waals surface area contributed by atoms with Gasteiger partial charge >= 0.3 is 0 Å². The second-order valence-electron chi connectivity index (χ2n) is 11.4. The summed E-state index contributed by atoms with van der Waals surface area (Å²) in [6.07, 6.45) is 5.05. The van der Waals surface area contributed by atoms with E-state index in [0.717, 1.165) is 42.0 Å². The van der Waals surface area contributed by atoms with Crippen molar-refractivity contribution in [3.8, 4) is 11.5 Å². The highest BCUT2D eigenvalue weighted by atomic mass is 35.5. The Morgan fingerprint density at radius 3 is 2.04 bits per heavy atom. The molecule has 0 bridgehead atoms. The maximum absolute atomic E-state index is 14.2. The van der Waals surface area contributed by atoms with E-state index in [1.165, 1.54) is 17.0 Å². The molecule has 240 valence electrons. The zero-order valence-corrected chi connectivity index (χ0v) is 27.3. The normalized spacial score (nSPS) is 14.2. The minimum Gasteiger partial charge on any atom is -0.457 e. The van der Waals surface area contributed by atoms with Crippen LogP contribution in [0.3, 0.4) is 0 Å². The molecule has 1 aliphatic carbocycles. The van der Waals surface area contributed by atoms with E-state index in [9.17, 15) is 18.0 Å². The highest BCUT2D eigenvalue weighted by Crippen LogP contribution is 2.29. The number of amides is 2. The van der Waals surface area contributed by atoms with E-state index in [1.807, 2.05) is 30.3 Å². The molecule has 10 heteroatoms. The van der Waals surface area contributed by atoms with Gasteiger partial charge in [-0.25, -0.2) is 8.42 Å². The van der Waals surface area contributed by atoms with Gasteiger partial charge in [-0.15, -0.1) is 0 Å². The molecular formula is C36H38ClN3O5S. The van der Waals surface area contributed by atoms with Crippen molar-refractivity contribution in [1.29, 1.82) is 0 Å². The number of nitrogens with one attached hydrogen (secondary N) is 1. The first-order valence-corrected chi connectivity index (χ1v) is 17.3. The molecular weight excluding hydrogens is 622 g/mol. The predicted octanol–water partition coefficient (Wildman–Crippen LogP) is 7.19. The summed E-state index contributed by atoms with van der Waals surface area (Å²) in [6.45, 7) is 1.25. The average Bonchev–Trinajstić information content (AvgIpc) is 3.08. The van der Waals surface area contributed by atoms with E-state index in [1.54, 1.807) is 73.7 Å². The number of para-hydroxylation sites is 1. The van der Waals surface area contributed by atoms with Gasteiger partial charge in [0.1, 0.15) is 24.1 Å². The molecule has 0 radical (unpaired) electrons. The molecule has 0 spiro atoms. The van der Waals surface area contributed by atoms with E-state index in [4.69, 9.17) is 16.3 Å². The number of rotatable bonds is 12. The van der Waals surface area contributed by atoms with E-state index in [-0.39, 0.29) is 29.1 Å². The number of halogens is 1. The fraction of sp³-hybridized carbons (Fsp3) is 0.278. The lowest BCUT2D eigenvalue weighted by Crippen LogP contribution is -2.53. The Morgan fingerprint density at radius 2 is 1.41 bits per heavy atom. The summed E-state index contributed by atoms with van der Waals surface area (Å²) in [5, 5.41) is 3.66. The van der Waals surface area contributed by atoms with Crippen LogP contribution in [0.15, 0.2) is 114 Å². The number of carbonyl (C=O) groups excluding carboxylic acids is 2. The van der Waals surface area contributed by atoms with Gasteiger partial charge in [-0.3, -0.25) is 13.9 Å². The van der Waals surface area contributed by atoms with Crippen LogP contribution >= 0.6 is 11.6 Å². The van der Waals surface area contributed by atoms with Crippen LogP contribution in [0.25, 0.3) is 0 Å². The van der Waals surface area contributed by atoms with Crippen molar-refractivity contribution in [1.82, 2.24) is 10.2 Å². The average molecular weight is 660 g/mol. The van der Waals surface area contributed by atoms with Crippen LogP contribution in [0.1, 0.15) is 44.6 Å². The van der Waals surface area contributed by atoms with Crippen molar-refractivity contribution in [2.45, 2.75) is 62.6 Å². The molecule has 0 heterocycles. The Balaban J connectivity index is 1.45. The molecule has 5 rings (SSSR count). The smallest absolute Gasteiger partial charge is 0.264 e. The predicted molar refractivity (Wildman–Crippen MR) is 180 cm³/mol. The Hall–Kier alpha value is -4.34. The number of benzene rings is 4. The lowest BCUT2D eigenvalue weighted by molar-refractivity contribution is -0.139. The first-order chi connectivity index (χ1) is 22.2. The van der Waals surface area contributed by atoms with Crippen LogP contribution in [-0.2, 0) is 26.2 Å². The van der Waals surface area contributed by atoms with Crippen LogP contribution in [0.2, 0.25) is 5.02 Å². The summed E-state index contributed by atoms with van der Waals surface area (Å²) in [4.78, 5) is 29.2. The second-order valence-corrected chi connectivity index (χ2v) is 13.7. The van der Waals surface area contributed by atoms with Crippen LogP contribution in [0, 0.1) is 0 Å². The van der Waals surface area contributed by atoms with Gasteiger partial charge in [-0.2, -0.15) is 0 Å². The van der Waals surface area contributed by atoms with Gasteiger partial charge in [0, 0.05) is 17.6 Å². The summed E-state index contributed by atoms with van der Waals surface area (Å²) >= 11 is 6.11. The number of anilines is 1. The number of ether oxygens (including phenoxy) is 1. The fourth-order valence-corrected chi connectivity index (χ4v) is 7.05. The monoisotopic (exact) mass is 659 g/mol. The largest absolute Gasteiger partial charge is 0.457 e. The van der Waals surface area contributed by atoms with Gasteiger partial charge in [0.25, 0.3) is 10.0 Å². The number of nitrogens with zero attached hydrogens (tertiary/aromatic N) is 2. The summed E-state index contributed by atoms with van der Waals surface area (Å²) in [7, 11) is -4.17. The number of hydrogen-bond acceptors (Lipinski definition) is 5. The van der Waals surface area contributed by atoms with E-state index >= 15 is 0 Å². The van der Waals surface area contributed by atoms with Gasteiger partial charge < -0.3 is 15.0 Å². The Morgan fingerprint density at radius 1 is 0.826 bits per heavy atom. The molecule has 1 aliphatic rings. The topological polar surface area (TPSA) is 96.0 Å². The summed E-state index contributed by atoms with van der Waals surface area (Å²) < 4.78 is 35.1. The molecule has 4 aromatic carbocycles. The third-order valence-corrected chi connectivity index (χ3v) is 10.1. The third kappa shape index (κ3) is 8.47. The first-order valence-electron chi connectivity index (χ1n) is 15.5. The number of hydrogen-bond donors (Lipinski definition) is 1. The van der Waals surface area contributed by atoms with Gasteiger partial charge in [0.2, 0.25) is 11.8 Å². The van der Waals surface area contributed by atoms with Crippen LogP contribution in [0.4, 0.5) is 5.69 Å². The molecule has 0 saturated heterocycles. The Kier molecular flexibility index (Phi) is 11.0. The lowest BCUT2D eigenvalue weighted by Gasteiger charge is -2.33. The van der Waals surface area contributed by atoms with Gasteiger partial charge in [-0.1, -0.05) is 79.4 Å². The number of carbonyl (C=O) groups is 2. The van der Waals surface area contributed by atoms with Crippen molar-refractivity contribution in [2.75, 3.05) is 10.8 Å². The molecule has 1 saturated carbocycles. The van der Waals surface area contributed by atoms with Crippen LogP contribution in [-0.4, -0.2) is 43.8 Å².